The molecule has 1 aliphatic rings. The van der Waals surface area contributed by atoms with Crippen molar-refractivity contribution in [2.45, 2.75) is 32.1 Å². The molecule has 0 saturated carbocycles. The summed E-state index contributed by atoms with van der Waals surface area (Å²) in [5.74, 6) is -1.07. The topological polar surface area (TPSA) is 66.5 Å². The molecule has 1 amide bonds. The molecular formula is C21H25FN2O3S. The molecule has 5 nitrogen and oxygen atoms in total. The fraction of sp³-hybridized carbons (Fsp3) is 0.381. The van der Waals surface area contributed by atoms with Gasteiger partial charge in [-0.3, -0.25) is 4.79 Å². The Hall–Kier alpha value is -2.25. The number of benzene rings is 2. The number of hydrogen-bond acceptors (Lipinski definition) is 3. The fourth-order valence-corrected chi connectivity index (χ4v) is 5.06. The predicted octanol–water partition coefficient (Wildman–Crippen LogP) is 2.99. The molecule has 2 aromatic carbocycles. The molecule has 150 valence electrons. The molecule has 3 rings (SSSR count). The van der Waals surface area contributed by atoms with Gasteiger partial charge in [-0.15, -0.1) is 0 Å². The summed E-state index contributed by atoms with van der Waals surface area (Å²) >= 11 is 0. The first-order valence-corrected chi connectivity index (χ1v) is 11.0. The summed E-state index contributed by atoms with van der Waals surface area (Å²) in [6.07, 6.45) is 1.31. The minimum Gasteiger partial charge on any atom is -0.352 e. The Morgan fingerprint density at radius 2 is 1.93 bits per heavy atom. The molecule has 1 aliphatic heterocycles. The summed E-state index contributed by atoms with van der Waals surface area (Å²) in [4.78, 5) is 12.6. The number of rotatable bonds is 6. The second-order valence-corrected chi connectivity index (χ2v) is 9.26. The predicted molar refractivity (Wildman–Crippen MR) is 106 cm³/mol. The number of nitrogens with one attached hydrogen (secondary N) is 1. The van der Waals surface area contributed by atoms with Crippen molar-refractivity contribution >= 4 is 15.9 Å². The van der Waals surface area contributed by atoms with E-state index in [4.69, 9.17) is 0 Å². The molecule has 2 aromatic rings. The number of nitrogens with zero attached hydrogens (tertiary/aromatic N) is 1. The SMILES string of the molecule is Cc1cccc(CNC(=O)[C@H]2CCCN(S(=O)(=O)Cc3ccc(F)cc3)C2)c1. The number of amides is 1. The average Bonchev–Trinajstić information content (AvgIpc) is 2.68. The van der Waals surface area contributed by atoms with Crippen molar-refractivity contribution in [2.24, 2.45) is 5.92 Å². The third kappa shape index (κ3) is 5.39. The Morgan fingerprint density at radius 3 is 2.64 bits per heavy atom. The molecule has 1 heterocycles. The highest BCUT2D eigenvalue weighted by molar-refractivity contribution is 7.88. The molecule has 0 aromatic heterocycles. The van der Waals surface area contributed by atoms with Crippen molar-refractivity contribution in [3.63, 3.8) is 0 Å². The monoisotopic (exact) mass is 404 g/mol. The maximum atomic E-state index is 13.0. The second kappa shape index (κ2) is 8.84. The van der Waals surface area contributed by atoms with E-state index in [9.17, 15) is 17.6 Å². The van der Waals surface area contributed by atoms with Crippen LogP contribution >= 0.6 is 0 Å². The molecule has 28 heavy (non-hydrogen) atoms. The number of aryl methyl sites for hydroxylation is 1. The summed E-state index contributed by atoms with van der Waals surface area (Å²) in [6, 6.07) is 13.4. The van der Waals surface area contributed by atoms with E-state index in [0.717, 1.165) is 11.1 Å². The molecule has 0 bridgehead atoms. The van der Waals surface area contributed by atoms with Crippen LogP contribution in [-0.2, 0) is 27.1 Å². The minimum absolute atomic E-state index is 0.122. The summed E-state index contributed by atoms with van der Waals surface area (Å²) in [7, 11) is -3.56. The van der Waals surface area contributed by atoms with Crippen LogP contribution in [0.1, 0.15) is 29.5 Å². The zero-order valence-corrected chi connectivity index (χ0v) is 16.7. The molecular weight excluding hydrogens is 379 g/mol. The highest BCUT2D eigenvalue weighted by atomic mass is 32.2. The van der Waals surface area contributed by atoms with Crippen LogP contribution in [-0.4, -0.2) is 31.7 Å². The van der Waals surface area contributed by atoms with Crippen molar-refractivity contribution in [1.29, 1.82) is 0 Å². The number of sulfonamides is 1. The van der Waals surface area contributed by atoms with E-state index in [0.29, 0.717) is 31.5 Å². The van der Waals surface area contributed by atoms with Crippen molar-refractivity contribution in [2.75, 3.05) is 13.1 Å². The number of hydrogen-bond donors (Lipinski definition) is 1. The van der Waals surface area contributed by atoms with E-state index in [2.05, 4.69) is 5.32 Å². The van der Waals surface area contributed by atoms with Crippen LogP contribution < -0.4 is 5.32 Å². The fourth-order valence-electron chi connectivity index (χ4n) is 3.45. The maximum absolute atomic E-state index is 13.0. The van der Waals surface area contributed by atoms with E-state index >= 15 is 0 Å². The number of halogens is 1. The molecule has 0 unspecified atom stereocenters. The normalized spacial score (nSPS) is 18.0. The molecule has 1 atom stereocenters. The summed E-state index contributed by atoms with van der Waals surface area (Å²) in [6.45, 7) is 3.02. The molecule has 1 N–H and O–H groups in total. The molecule has 0 radical (unpaired) electrons. The van der Waals surface area contributed by atoms with Crippen LogP contribution in [0.5, 0.6) is 0 Å². The first-order valence-electron chi connectivity index (χ1n) is 9.39. The summed E-state index contributed by atoms with van der Waals surface area (Å²) in [5, 5.41) is 2.92. The minimum atomic E-state index is -3.56. The van der Waals surface area contributed by atoms with Crippen molar-refractivity contribution in [3.05, 3.63) is 71.0 Å². The van der Waals surface area contributed by atoms with Crippen LogP contribution in [0.4, 0.5) is 4.39 Å². The number of carbonyl (C=O) groups is 1. The lowest BCUT2D eigenvalue weighted by molar-refractivity contribution is -0.126. The average molecular weight is 405 g/mol. The number of carbonyl (C=O) groups excluding carboxylic acids is 1. The van der Waals surface area contributed by atoms with Crippen LogP contribution in [0.25, 0.3) is 0 Å². The van der Waals surface area contributed by atoms with Gasteiger partial charge in [-0.25, -0.2) is 17.1 Å². The molecule has 1 saturated heterocycles. The second-order valence-electron chi connectivity index (χ2n) is 7.29. The zero-order valence-electron chi connectivity index (χ0n) is 15.9. The van der Waals surface area contributed by atoms with Crippen molar-refractivity contribution in [3.8, 4) is 0 Å². The Balaban J connectivity index is 1.59. The Morgan fingerprint density at radius 1 is 1.18 bits per heavy atom. The van der Waals surface area contributed by atoms with E-state index in [1.807, 2.05) is 31.2 Å². The Kier molecular flexibility index (Phi) is 6.46. The number of piperidine rings is 1. The van der Waals surface area contributed by atoms with Gasteiger partial charge in [-0.05, 0) is 43.0 Å². The van der Waals surface area contributed by atoms with Crippen molar-refractivity contribution < 1.29 is 17.6 Å². The highest BCUT2D eigenvalue weighted by Crippen LogP contribution is 2.22. The van der Waals surface area contributed by atoms with Crippen molar-refractivity contribution in [1.82, 2.24) is 9.62 Å². The van der Waals surface area contributed by atoms with E-state index in [1.54, 1.807) is 0 Å². The third-order valence-electron chi connectivity index (χ3n) is 4.96. The first kappa shape index (κ1) is 20.5. The Labute approximate surface area is 165 Å². The molecule has 0 aliphatic carbocycles. The van der Waals surface area contributed by atoms with E-state index < -0.39 is 15.8 Å². The van der Waals surface area contributed by atoms with Gasteiger partial charge in [0.25, 0.3) is 0 Å². The van der Waals surface area contributed by atoms with Gasteiger partial charge >= 0.3 is 0 Å². The van der Waals surface area contributed by atoms with Crippen LogP contribution in [0.3, 0.4) is 0 Å². The van der Waals surface area contributed by atoms with E-state index in [-0.39, 0.29) is 24.1 Å². The van der Waals surface area contributed by atoms with Gasteiger partial charge < -0.3 is 5.32 Å². The molecule has 0 spiro atoms. The lowest BCUT2D eigenvalue weighted by atomic mass is 9.98. The van der Waals surface area contributed by atoms with Crippen LogP contribution in [0, 0.1) is 18.7 Å². The van der Waals surface area contributed by atoms with Gasteiger partial charge in [0.1, 0.15) is 5.82 Å². The van der Waals surface area contributed by atoms with Gasteiger partial charge in [0.2, 0.25) is 15.9 Å². The first-order chi connectivity index (χ1) is 13.3. The van der Waals surface area contributed by atoms with Gasteiger partial charge in [0.15, 0.2) is 0 Å². The Bertz CT molecular complexity index is 929. The van der Waals surface area contributed by atoms with Gasteiger partial charge in [0, 0.05) is 19.6 Å². The summed E-state index contributed by atoms with van der Waals surface area (Å²) in [5.41, 5.74) is 2.68. The maximum Gasteiger partial charge on any atom is 0.224 e. The van der Waals surface area contributed by atoms with Crippen LogP contribution in [0.15, 0.2) is 48.5 Å². The standard InChI is InChI=1S/C21H25FN2O3S/c1-16-4-2-5-18(12-16)13-23-21(25)19-6-3-11-24(14-19)28(26,27)15-17-7-9-20(22)10-8-17/h2,4-5,7-10,12,19H,3,6,11,13-15H2,1H3,(H,23,25)/t19-/m0/s1. The lowest BCUT2D eigenvalue weighted by Gasteiger charge is -2.31. The third-order valence-corrected chi connectivity index (χ3v) is 6.78. The lowest BCUT2D eigenvalue weighted by Crippen LogP contribution is -2.45. The summed E-state index contributed by atoms with van der Waals surface area (Å²) < 4.78 is 39.9. The van der Waals surface area contributed by atoms with E-state index in [1.165, 1.54) is 28.6 Å². The highest BCUT2D eigenvalue weighted by Gasteiger charge is 2.32. The molecule has 1 fully saturated rings. The quantitative estimate of drug-likeness (QED) is 0.805. The zero-order chi connectivity index (χ0) is 20.1. The smallest absolute Gasteiger partial charge is 0.224 e. The van der Waals surface area contributed by atoms with Crippen LogP contribution in [0.2, 0.25) is 0 Å². The van der Waals surface area contributed by atoms with Gasteiger partial charge in [-0.1, -0.05) is 42.0 Å². The molecule has 7 heteroatoms. The van der Waals surface area contributed by atoms with Gasteiger partial charge in [-0.2, -0.15) is 0 Å². The van der Waals surface area contributed by atoms with Gasteiger partial charge in [0.05, 0.1) is 11.7 Å². The largest absolute Gasteiger partial charge is 0.352 e.